The van der Waals surface area contributed by atoms with Gasteiger partial charge in [-0.1, -0.05) is 44.2 Å². The van der Waals surface area contributed by atoms with E-state index in [9.17, 15) is 39.9 Å². The number of fused-ring (bicyclic) bond motifs is 1. The third-order valence-electron chi connectivity index (χ3n) is 6.48. The lowest BCUT2D eigenvalue weighted by atomic mass is 9.97. The summed E-state index contributed by atoms with van der Waals surface area (Å²) in [7, 11) is 1.14. The predicted octanol–water partition coefficient (Wildman–Crippen LogP) is 0.371. The zero-order chi connectivity index (χ0) is 29.3. The number of methoxy groups -OCH3 is 1. The first kappa shape index (κ1) is 28.8. The summed E-state index contributed by atoms with van der Waals surface area (Å²) in [6.07, 6.45) is -9.50. The zero-order valence-electron chi connectivity index (χ0n) is 21.7. The van der Waals surface area contributed by atoms with Gasteiger partial charge in [-0.15, -0.1) is 0 Å². The summed E-state index contributed by atoms with van der Waals surface area (Å²) in [5.74, 6) is -4.33. The molecule has 4 unspecified atom stereocenters. The SMILES string of the molecule is COC(=O)C(NC(=O)C1O[C@@H](Oc2cc3oc(-c4ccccc4)cc(=O)c3c(O)c2O)C(O)C(O)[C@@H]1O)C(C)C. The minimum Gasteiger partial charge on any atom is -0.504 e. The van der Waals surface area contributed by atoms with E-state index >= 15 is 0 Å². The molecule has 2 aromatic carbocycles. The molecular formula is C27H29NO12. The lowest BCUT2D eigenvalue weighted by Gasteiger charge is -2.39. The van der Waals surface area contributed by atoms with Crippen LogP contribution in [-0.4, -0.2) is 81.3 Å². The van der Waals surface area contributed by atoms with Crippen molar-refractivity contribution in [3.8, 4) is 28.6 Å². The van der Waals surface area contributed by atoms with Crippen LogP contribution in [0.2, 0.25) is 0 Å². The Labute approximate surface area is 227 Å². The molecule has 40 heavy (non-hydrogen) atoms. The standard InChI is InChI=1S/C27H29NO12/c1-11(2)18(26(36)37-3)28-25(35)24-22(33)21(32)23(34)27(40-24)39-16-10-15-17(20(31)19(16)30)13(29)9-14(38-15)12-7-5-4-6-8-12/h4-11,18,21-24,27,30-34H,1-3H3,(H,28,35)/t18?,21?,22-,23?,24?,27+/m0/s1. The van der Waals surface area contributed by atoms with E-state index in [4.69, 9.17) is 13.9 Å². The molecule has 0 spiro atoms. The quantitative estimate of drug-likeness (QED) is 0.172. The van der Waals surface area contributed by atoms with Crippen molar-refractivity contribution in [1.82, 2.24) is 5.32 Å². The maximum atomic E-state index is 12.9. The predicted molar refractivity (Wildman–Crippen MR) is 137 cm³/mol. The van der Waals surface area contributed by atoms with Crippen molar-refractivity contribution in [2.24, 2.45) is 5.92 Å². The van der Waals surface area contributed by atoms with Crippen LogP contribution < -0.4 is 15.5 Å². The third kappa shape index (κ3) is 5.45. The topological polar surface area (TPSA) is 205 Å². The van der Waals surface area contributed by atoms with Gasteiger partial charge in [-0.05, 0) is 5.92 Å². The second-order valence-electron chi connectivity index (χ2n) is 9.55. The molecule has 6 N–H and O–H groups in total. The molecule has 1 amide bonds. The summed E-state index contributed by atoms with van der Waals surface area (Å²) in [5, 5.41) is 54.4. The van der Waals surface area contributed by atoms with Crippen molar-refractivity contribution in [1.29, 1.82) is 0 Å². The van der Waals surface area contributed by atoms with Crippen LogP contribution in [0.15, 0.2) is 51.7 Å². The van der Waals surface area contributed by atoms with Gasteiger partial charge in [-0.3, -0.25) is 9.59 Å². The fourth-order valence-electron chi connectivity index (χ4n) is 4.25. The molecule has 0 bridgehead atoms. The Balaban J connectivity index is 1.66. The average Bonchev–Trinajstić information content (AvgIpc) is 2.93. The molecule has 13 heteroatoms. The molecule has 1 aromatic heterocycles. The fourth-order valence-corrected chi connectivity index (χ4v) is 4.25. The molecule has 1 fully saturated rings. The number of nitrogens with one attached hydrogen (secondary N) is 1. The summed E-state index contributed by atoms with van der Waals surface area (Å²) >= 11 is 0. The molecule has 4 rings (SSSR count). The molecule has 0 aliphatic carbocycles. The molecule has 214 valence electrons. The highest BCUT2D eigenvalue weighted by Gasteiger charge is 2.49. The number of hydrogen-bond acceptors (Lipinski definition) is 12. The van der Waals surface area contributed by atoms with Crippen molar-refractivity contribution in [2.75, 3.05) is 7.11 Å². The minimum atomic E-state index is -1.95. The number of phenolic OH excluding ortho intramolecular Hbond substituents is 2. The van der Waals surface area contributed by atoms with Gasteiger partial charge in [-0.2, -0.15) is 0 Å². The summed E-state index contributed by atoms with van der Waals surface area (Å²) in [5.41, 5.74) is -0.288. The van der Waals surface area contributed by atoms with Gasteiger partial charge in [0.15, 0.2) is 23.0 Å². The largest absolute Gasteiger partial charge is 0.504 e. The van der Waals surface area contributed by atoms with E-state index in [1.165, 1.54) is 0 Å². The maximum absolute atomic E-state index is 12.9. The molecule has 0 radical (unpaired) electrons. The Kier molecular flexibility index (Phi) is 8.30. The van der Waals surface area contributed by atoms with Gasteiger partial charge in [-0.25, -0.2) is 4.79 Å². The number of benzene rings is 2. The molecule has 1 saturated heterocycles. The molecule has 3 aromatic rings. The van der Waals surface area contributed by atoms with Crippen LogP contribution in [0.4, 0.5) is 0 Å². The lowest BCUT2D eigenvalue weighted by molar-refractivity contribution is -0.267. The highest BCUT2D eigenvalue weighted by Crippen LogP contribution is 2.42. The van der Waals surface area contributed by atoms with Crippen molar-refractivity contribution >= 4 is 22.8 Å². The molecule has 13 nitrogen and oxygen atoms in total. The van der Waals surface area contributed by atoms with E-state index < -0.39 is 77.2 Å². The molecule has 2 heterocycles. The van der Waals surface area contributed by atoms with Gasteiger partial charge in [0.25, 0.3) is 5.91 Å². The van der Waals surface area contributed by atoms with Crippen LogP contribution in [0.3, 0.4) is 0 Å². The number of hydrogen-bond donors (Lipinski definition) is 6. The van der Waals surface area contributed by atoms with Crippen molar-refractivity contribution < 1.29 is 53.7 Å². The first-order chi connectivity index (χ1) is 18.9. The summed E-state index contributed by atoms with van der Waals surface area (Å²) < 4.78 is 21.4. The number of amides is 1. The Morgan fingerprint density at radius 3 is 2.27 bits per heavy atom. The monoisotopic (exact) mass is 559 g/mol. The second-order valence-corrected chi connectivity index (χ2v) is 9.55. The van der Waals surface area contributed by atoms with Crippen LogP contribution in [-0.2, 0) is 19.1 Å². The zero-order valence-corrected chi connectivity index (χ0v) is 21.7. The van der Waals surface area contributed by atoms with Crippen LogP contribution in [0.1, 0.15) is 13.8 Å². The highest BCUT2D eigenvalue weighted by atomic mass is 16.7. The van der Waals surface area contributed by atoms with E-state index in [1.54, 1.807) is 44.2 Å². The van der Waals surface area contributed by atoms with Gasteiger partial charge in [0, 0.05) is 17.7 Å². The maximum Gasteiger partial charge on any atom is 0.328 e. The van der Waals surface area contributed by atoms with E-state index in [2.05, 4.69) is 10.1 Å². The first-order valence-electron chi connectivity index (χ1n) is 12.3. The Morgan fingerprint density at radius 1 is 0.975 bits per heavy atom. The number of aliphatic hydroxyl groups excluding tert-OH is 3. The normalized spacial score (nSPS) is 23.5. The van der Waals surface area contributed by atoms with Crippen LogP contribution >= 0.6 is 0 Å². The van der Waals surface area contributed by atoms with Crippen molar-refractivity contribution in [3.05, 3.63) is 52.7 Å². The van der Waals surface area contributed by atoms with E-state index in [-0.39, 0.29) is 16.7 Å². The van der Waals surface area contributed by atoms with E-state index in [1.807, 2.05) is 0 Å². The van der Waals surface area contributed by atoms with Crippen LogP contribution in [0.5, 0.6) is 17.2 Å². The smallest absolute Gasteiger partial charge is 0.328 e. The van der Waals surface area contributed by atoms with Gasteiger partial charge >= 0.3 is 5.97 Å². The number of esters is 1. The Hall–Kier alpha value is -4.17. The molecule has 1 aliphatic heterocycles. The van der Waals surface area contributed by atoms with Crippen LogP contribution in [0.25, 0.3) is 22.3 Å². The molecule has 1 aliphatic rings. The van der Waals surface area contributed by atoms with E-state index in [0.29, 0.717) is 5.56 Å². The van der Waals surface area contributed by atoms with Gasteiger partial charge in [0.1, 0.15) is 41.1 Å². The number of aliphatic hydroxyl groups is 3. The third-order valence-corrected chi connectivity index (χ3v) is 6.48. The lowest BCUT2D eigenvalue weighted by Crippen LogP contribution is -2.64. The summed E-state index contributed by atoms with van der Waals surface area (Å²) in [6, 6.07) is 9.70. The van der Waals surface area contributed by atoms with E-state index in [0.717, 1.165) is 19.2 Å². The summed E-state index contributed by atoms with van der Waals surface area (Å²) in [4.78, 5) is 37.7. The number of ether oxygens (including phenoxy) is 3. The van der Waals surface area contributed by atoms with Crippen molar-refractivity contribution in [3.63, 3.8) is 0 Å². The second kappa shape index (κ2) is 11.5. The Morgan fingerprint density at radius 2 is 1.65 bits per heavy atom. The average molecular weight is 560 g/mol. The number of aromatic hydroxyl groups is 2. The van der Waals surface area contributed by atoms with Crippen molar-refractivity contribution in [2.45, 2.75) is 50.6 Å². The first-order valence-corrected chi connectivity index (χ1v) is 12.3. The van der Waals surface area contributed by atoms with Gasteiger partial charge < -0.3 is 49.5 Å². The number of rotatable bonds is 7. The number of carbonyl (C=O) groups is 2. The number of carbonyl (C=O) groups excluding carboxylic acids is 2. The number of phenols is 2. The molecular weight excluding hydrogens is 530 g/mol. The fraction of sp³-hybridized carbons (Fsp3) is 0.370. The van der Waals surface area contributed by atoms with Crippen LogP contribution in [0, 0.1) is 5.92 Å². The highest BCUT2D eigenvalue weighted by molar-refractivity contribution is 5.89. The van der Waals surface area contributed by atoms with Gasteiger partial charge in [0.2, 0.25) is 12.0 Å². The minimum absolute atomic E-state index is 0.156. The Bertz CT molecular complexity index is 1450. The summed E-state index contributed by atoms with van der Waals surface area (Å²) in [6.45, 7) is 3.28. The molecule has 0 saturated carbocycles. The van der Waals surface area contributed by atoms with Gasteiger partial charge in [0.05, 0.1) is 7.11 Å². The molecule has 6 atom stereocenters.